The van der Waals surface area contributed by atoms with Crippen LogP contribution in [0.1, 0.15) is 29.7 Å². The summed E-state index contributed by atoms with van der Waals surface area (Å²) in [7, 11) is 0. The van der Waals surface area contributed by atoms with E-state index in [1.807, 2.05) is 26.8 Å². The second-order valence-corrected chi connectivity index (χ2v) is 3.37. The Labute approximate surface area is 77.9 Å². The minimum absolute atomic E-state index is 0.152. The molecule has 72 valence electrons. The Morgan fingerprint density at radius 2 is 2.00 bits per heavy atom. The van der Waals surface area contributed by atoms with Crippen molar-refractivity contribution in [2.75, 3.05) is 0 Å². The van der Waals surface area contributed by atoms with Crippen LogP contribution in [0, 0.1) is 19.7 Å². The van der Waals surface area contributed by atoms with E-state index in [-0.39, 0.29) is 11.9 Å². The molecule has 3 heteroatoms. The van der Waals surface area contributed by atoms with E-state index in [4.69, 9.17) is 5.84 Å². The maximum atomic E-state index is 13.5. The number of hydrogen-bond donors (Lipinski definition) is 2. The van der Waals surface area contributed by atoms with Gasteiger partial charge in [0.15, 0.2) is 0 Å². The fourth-order valence-corrected chi connectivity index (χ4v) is 1.56. The smallest absolute Gasteiger partial charge is 0.128 e. The highest BCUT2D eigenvalue weighted by molar-refractivity contribution is 5.33. The van der Waals surface area contributed by atoms with Crippen molar-refractivity contribution < 1.29 is 4.39 Å². The molecule has 0 saturated heterocycles. The Balaban J connectivity index is 3.20. The Morgan fingerprint density at radius 1 is 1.38 bits per heavy atom. The molecular formula is C10H15FN2. The molecule has 0 saturated carbocycles. The molecule has 1 aromatic rings. The largest absolute Gasteiger partial charge is 0.271 e. The van der Waals surface area contributed by atoms with Crippen molar-refractivity contribution in [3.8, 4) is 0 Å². The van der Waals surface area contributed by atoms with Crippen LogP contribution in [-0.4, -0.2) is 0 Å². The molecule has 0 fully saturated rings. The molecular weight excluding hydrogens is 167 g/mol. The number of hydrazine groups is 1. The normalized spacial score (nSPS) is 13.0. The number of rotatable bonds is 2. The highest BCUT2D eigenvalue weighted by atomic mass is 19.1. The van der Waals surface area contributed by atoms with Crippen LogP contribution in [0.4, 0.5) is 4.39 Å². The predicted octanol–water partition coefficient (Wildman–Crippen LogP) is 1.97. The molecule has 13 heavy (non-hydrogen) atoms. The standard InChI is InChI=1S/C10H15FN2/c1-6-4-7(2)10(8(3)13-12)9(11)5-6/h4-5,8,13H,12H2,1-3H3. The highest BCUT2D eigenvalue weighted by Gasteiger charge is 2.12. The molecule has 0 aromatic heterocycles. The minimum atomic E-state index is -0.192. The fraction of sp³-hybridized carbons (Fsp3) is 0.400. The molecule has 1 rings (SSSR count). The van der Waals surface area contributed by atoms with Gasteiger partial charge in [-0.05, 0) is 38.0 Å². The van der Waals surface area contributed by atoms with Crippen molar-refractivity contribution in [2.45, 2.75) is 26.8 Å². The molecule has 1 unspecified atom stereocenters. The van der Waals surface area contributed by atoms with Crippen LogP contribution in [0.25, 0.3) is 0 Å². The fourth-order valence-electron chi connectivity index (χ4n) is 1.56. The van der Waals surface area contributed by atoms with Gasteiger partial charge in [0.2, 0.25) is 0 Å². The average molecular weight is 182 g/mol. The Kier molecular flexibility index (Phi) is 3.01. The maximum absolute atomic E-state index is 13.5. The van der Waals surface area contributed by atoms with Gasteiger partial charge in [0.25, 0.3) is 0 Å². The quantitative estimate of drug-likeness (QED) is 0.542. The average Bonchev–Trinajstić information content (AvgIpc) is 2.02. The van der Waals surface area contributed by atoms with Crippen LogP contribution in [0.5, 0.6) is 0 Å². The first-order valence-corrected chi connectivity index (χ1v) is 4.29. The van der Waals surface area contributed by atoms with Gasteiger partial charge in [0, 0.05) is 11.6 Å². The van der Waals surface area contributed by atoms with Crippen molar-refractivity contribution in [2.24, 2.45) is 5.84 Å². The van der Waals surface area contributed by atoms with E-state index in [0.717, 1.165) is 11.1 Å². The molecule has 1 atom stereocenters. The summed E-state index contributed by atoms with van der Waals surface area (Å²) in [5.74, 6) is 5.07. The van der Waals surface area contributed by atoms with Gasteiger partial charge in [-0.2, -0.15) is 0 Å². The second-order valence-electron chi connectivity index (χ2n) is 3.37. The molecule has 0 bridgehead atoms. The van der Waals surface area contributed by atoms with Crippen molar-refractivity contribution >= 4 is 0 Å². The van der Waals surface area contributed by atoms with Gasteiger partial charge < -0.3 is 0 Å². The number of halogens is 1. The van der Waals surface area contributed by atoms with Crippen LogP contribution < -0.4 is 11.3 Å². The number of benzene rings is 1. The maximum Gasteiger partial charge on any atom is 0.128 e. The van der Waals surface area contributed by atoms with Crippen LogP contribution in [0.3, 0.4) is 0 Å². The summed E-state index contributed by atoms with van der Waals surface area (Å²) in [5.41, 5.74) is 5.06. The summed E-state index contributed by atoms with van der Waals surface area (Å²) in [6.45, 7) is 5.60. The molecule has 0 amide bonds. The third-order valence-electron chi connectivity index (χ3n) is 2.16. The zero-order valence-electron chi connectivity index (χ0n) is 8.19. The lowest BCUT2D eigenvalue weighted by atomic mass is 10.00. The van der Waals surface area contributed by atoms with Gasteiger partial charge in [-0.25, -0.2) is 4.39 Å². The zero-order valence-corrected chi connectivity index (χ0v) is 8.19. The summed E-state index contributed by atoms with van der Waals surface area (Å²) in [6, 6.07) is 3.32. The molecule has 0 radical (unpaired) electrons. The van der Waals surface area contributed by atoms with E-state index in [0.29, 0.717) is 5.56 Å². The first kappa shape index (κ1) is 10.2. The van der Waals surface area contributed by atoms with Gasteiger partial charge in [-0.3, -0.25) is 11.3 Å². The van der Waals surface area contributed by atoms with E-state index in [2.05, 4.69) is 5.43 Å². The molecule has 0 aliphatic heterocycles. The predicted molar refractivity (Wildman–Crippen MR) is 51.6 cm³/mol. The van der Waals surface area contributed by atoms with Crippen molar-refractivity contribution in [3.05, 3.63) is 34.6 Å². The summed E-state index contributed by atoms with van der Waals surface area (Å²) >= 11 is 0. The Hall–Kier alpha value is -0.930. The lowest BCUT2D eigenvalue weighted by molar-refractivity contribution is 0.538. The monoisotopic (exact) mass is 182 g/mol. The molecule has 3 N–H and O–H groups in total. The zero-order chi connectivity index (χ0) is 10.0. The van der Waals surface area contributed by atoms with Crippen molar-refractivity contribution in [1.82, 2.24) is 5.43 Å². The first-order chi connectivity index (χ1) is 6.06. The molecule has 2 nitrogen and oxygen atoms in total. The van der Waals surface area contributed by atoms with Gasteiger partial charge in [0.1, 0.15) is 5.82 Å². The van der Waals surface area contributed by atoms with E-state index < -0.39 is 0 Å². The molecule has 0 aliphatic carbocycles. The van der Waals surface area contributed by atoms with Gasteiger partial charge in [-0.15, -0.1) is 0 Å². The van der Waals surface area contributed by atoms with Crippen LogP contribution in [0.2, 0.25) is 0 Å². The van der Waals surface area contributed by atoms with Gasteiger partial charge in [-0.1, -0.05) is 6.07 Å². The van der Waals surface area contributed by atoms with Gasteiger partial charge in [0.05, 0.1) is 0 Å². The topological polar surface area (TPSA) is 38.0 Å². The highest BCUT2D eigenvalue weighted by Crippen LogP contribution is 2.21. The number of aryl methyl sites for hydroxylation is 2. The third-order valence-corrected chi connectivity index (χ3v) is 2.16. The SMILES string of the molecule is Cc1cc(C)c(C(C)NN)c(F)c1. The van der Waals surface area contributed by atoms with Crippen molar-refractivity contribution in [1.29, 1.82) is 0 Å². The number of hydrogen-bond acceptors (Lipinski definition) is 2. The van der Waals surface area contributed by atoms with E-state index in [9.17, 15) is 4.39 Å². The summed E-state index contributed by atoms with van der Waals surface area (Å²) in [4.78, 5) is 0. The number of nitrogens with one attached hydrogen (secondary N) is 1. The second kappa shape index (κ2) is 3.85. The van der Waals surface area contributed by atoms with Crippen LogP contribution in [0.15, 0.2) is 12.1 Å². The molecule has 0 spiro atoms. The van der Waals surface area contributed by atoms with Gasteiger partial charge >= 0.3 is 0 Å². The molecule has 1 aromatic carbocycles. The van der Waals surface area contributed by atoms with E-state index >= 15 is 0 Å². The summed E-state index contributed by atoms with van der Waals surface area (Å²) in [5, 5.41) is 0. The lowest BCUT2D eigenvalue weighted by Gasteiger charge is -2.15. The minimum Gasteiger partial charge on any atom is -0.271 e. The third kappa shape index (κ3) is 2.05. The lowest BCUT2D eigenvalue weighted by Crippen LogP contribution is -2.27. The van der Waals surface area contributed by atoms with Crippen LogP contribution in [-0.2, 0) is 0 Å². The molecule has 0 heterocycles. The van der Waals surface area contributed by atoms with Crippen LogP contribution >= 0.6 is 0 Å². The van der Waals surface area contributed by atoms with E-state index in [1.165, 1.54) is 6.07 Å². The molecule has 0 aliphatic rings. The van der Waals surface area contributed by atoms with E-state index in [1.54, 1.807) is 0 Å². The Morgan fingerprint density at radius 3 is 2.46 bits per heavy atom. The Bertz CT molecular complexity index is 287. The summed E-state index contributed by atoms with van der Waals surface area (Å²) < 4.78 is 13.5. The van der Waals surface area contributed by atoms with Crippen molar-refractivity contribution in [3.63, 3.8) is 0 Å². The number of nitrogens with two attached hydrogens (primary N) is 1. The first-order valence-electron chi connectivity index (χ1n) is 4.29. The summed E-state index contributed by atoms with van der Waals surface area (Å²) in [6.07, 6.45) is 0.